The highest BCUT2D eigenvalue weighted by Crippen LogP contribution is 2.33. The Bertz CT molecular complexity index is 271. The van der Waals surface area contributed by atoms with Crippen LogP contribution in [0, 0.1) is 5.92 Å². The highest BCUT2D eigenvalue weighted by molar-refractivity contribution is 7.51. The predicted octanol–water partition coefficient (Wildman–Crippen LogP) is -0.232. The number of carboxylic acid groups (broad SMARTS) is 1. The topological polar surface area (TPSA) is 121 Å². The molecule has 0 saturated heterocycles. The maximum Gasteiger partial charge on any atom is 0.329 e. The molecular weight excluding hydrogens is 209 g/mol. The minimum atomic E-state index is -4.05. The Morgan fingerprint density at radius 1 is 1.57 bits per heavy atom. The number of nitrogens with two attached hydrogens (primary N) is 1. The fourth-order valence-electron chi connectivity index (χ4n) is 0.757. The Morgan fingerprint density at radius 3 is 2.43 bits per heavy atom. The lowest BCUT2D eigenvalue weighted by molar-refractivity contribution is -0.139. The van der Waals surface area contributed by atoms with E-state index in [-0.39, 0.29) is 0 Å². The molecule has 0 rings (SSSR count). The minimum absolute atomic E-state index is 0.399. The number of allylic oxidation sites excluding steroid dienone is 1. The Morgan fingerprint density at radius 2 is 2.07 bits per heavy atom. The quantitative estimate of drug-likeness (QED) is 0.377. The van der Waals surface area contributed by atoms with Gasteiger partial charge in [0.05, 0.1) is 6.16 Å². The Kier molecular flexibility index (Phi) is 5.01. The zero-order chi connectivity index (χ0) is 11.4. The predicted molar refractivity (Wildman–Crippen MR) is 50.8 cm³/mol. The van der Waals surface area contributed by atoms with Crippen LogP contribution in [0.5, 0.6) is 0 Å². The number of carbonyl (C=O) groups is 1. The molecule has 0 saturated carbocycles. The molecule has 0 aromatic rings. The van der Waals surface area contributed by atoms with Crippen molar-refractivity contribution in [1.29, 1.82) is 0 Å². The molecule has 0 amide bonds. The van der Waals surface area contributed by atoms with Gasteiger partial charge in [-0.3, -0.25) is 9.36 Å². The van der Waals surface area contributed by atoms with E-state index < -0.39 is 31.7 Å². The van der Waals surface area contributed by atoms with Crippen LogP contribution in [0.15, 0.2) is 12.2 Å². The lowest BCUT2D eigenvalue weighted by Crippen LogP contribution is -2.35. The Labute approximate surface area is 81.6 Å². The first kappa shape index (κ1) is 13.3. The van der Waals surface area contributed by atoms with Crippen LogP contribution in [0.4, 0.5) is 0 Å². The smallest absolute Gasteiger partial charge is 0.329 e. The van der Waals surface area contributed by atoms with Crippen LogP contribution < -0.4 is 5.73 Å². The Hall–Kier alpha value is -0.680. The molecule has 0 fully saturated rings. The molecule has 0 aliphatic rings. The van der Waals surface area contributed by atoms with Gasteiger partial charge in [0.25, 0.3) is 0 Å². The number of carboxylic acids is 1. The summed E-state index contributed by atoms with van der Waals surface area (Å²) in [5.41, 5.74) is 5.26. The Balaban J connectivity index is 4.12. The van der Waals surface area contributed by atoms with Crippen molar-refractivity contribution in [2.45, 2.75) is 13.0 Å². The second kappa shape index (κ2) is 5.26. The molecule has 0 spiro atoms. The van der Waals surface area contributed by atoms with E-state index in [9.17, 15) is 9.36 Å². The summed E-state index contributed by atoms with van der Waals surface area (Å²) >= 11 is 0. The number of rotatable bonds is 5. The fraction of sp³-hybridized carbons (Fsp3) is 0.571. The van der Waals surface area contributed by atoms with Crippen molar-refractivity contribution in [3.63, 3.8) is 0 Å². The number of aliphatic carboxylic acids is 1. The summed E-state index contributed by atoms with van der Waals surface area (Å²) in [7, 11) is -4.05. The van der Waals surface area contributed by atoms with E-state index in [2.05, 4.69) is 0 Å². The molecule has 2 atom stereocenters. The van der Waals surface area contributed by atoms with E-state index in [1.165, 1.54) is 12.2 Å². The molecule has 0 aromatic heterocycles. The van der Waals surface area contributed by atoms with Gasteiger partial charge in [-0.15, -0.1) is 0 Å². The molecule has 0 unspecified atom stereocenters. The summed E-state index contributed by atoms with van der Waals surface area (Å²) in [6.07, 6.45) is 2.23. The van der Waals surface area contributed by atoms with Crippen LogP contribution in [0.3, 0.4) is 0 Å². The van der Waals surface area contributed by atoms with E-state index in [0.29, 0.717) is 0 Å². The van der Waals surface area contributed by atoms with Gasteiger partial charge in [0.1, 0.15) is 6.04 Å². The molecule has 0 aliphatic carbocycles. The van der Waals surface area contributed by atoms with Gasteiger partial charge in [0.15, 0.2) is 0 Å². The molecule has 5 N–H and O–H groups in total. The summed E-state index contributed by atoms with van der Waals surface area (Å²) in [5, 5.41) is 8.50. The SMILES string of the molecule is C[C@H](/C=C/CP(=O)(O)O)[C@@H](N)C(=O)O. The highest BCUT2D eigenvalue weighted by Gasteiger charge is 2.17. The molecule has 0 bridgehead atoms. The van der Waals surface area contributed by atoms with Gasteiger partial charge < -0.3 is 20.6 Å². The average molecular weight is 223 g/mol. The van der Waals surface area contributed by atoms with Crippen molar-refractivity contribution in [3.05, 3.63) is 12.2 Å². The average Bonchev–Trinajstić information content (AvgIpc) is 2.00. The van der Waals surface area contributed by atoms with Crippen LogP contribution >= 0.6 is 7.60 Å². The lowest BCUT2D eigenvalue weighted by atomic mass is 10.0. The second-order valence-electron chi connectivity index (χ2n) is 3.00. The molecule has 7 heteroatoms. The molecular formula is C7H14NO5P. The van der Waals surface area contributed by atoms with Crippen LogP contribution in [0.2, 0.25) is 0 Å². The van der Waals surface area contributed by atoms with Crippen molar-refractivity contribution in [3.8, 4) is 0 Å². The van der Waals surface area contributed by atoms with Gasteiger partial charge in [-0.05, 0) is 5.92 Å². The highest BCUT2D eigenvalue weighted by atomic mass is 31.2. The molecule has 82 valence electrons. The van der Waals surface area contributed by atoms with Gasteiger partial charge in [0, 0.05) is 0 Å². The van der Waals surface area contributed by atoms with Crippen LogP contribution in [0.1, 0.15) is 6.92 Å². The van der Waals surface area contributed by atoms with Crippen molar-refractivity contribution in [2.75, 3.05) is 6.16 Å². The third-order valence-electron chi connectivity index (χ3n) is 1.63. The summed E-state index contributed by atoms with van der Waals surface area (Å²) in [4.78, 5) is 27.4. The summed E-state index contributed by atoms with van der Waals surface area (Å²) < 4.78 is 10.4. The van der Waals surface area contributed by atoms with Crippen molar-refractivity contribution >= 4 is 13.6 Å². The van der Waals surface area contributed by atoms with Gasteiger partial charge in [-0.1, -0.05) is 19.1 Å². The maximum atomic E-state index is 10.4. The van der Waals surface area contributed by atoms with Gasteiger partial charge in [0.2, 0.25) is 0 Å². The largest absolute Gasteiger partial charge is 0.480 e. The maximum absolute atomic E-state index is 10.4. The zero-order valence-corrected chi connectivity index (χ0v) is 8.59. The van der Waals surface area contributed by atoms with Crippen LogP contribution in [-0.4, -0.2) is 33.1 Å². The third kappa shape index (κ3) is 5.88. The minimum Gasteiger partial charge on any atom is -0.480 e. The van der Waals surface area contributed by atoms with E-state index in [1.807, 2.05) is 0 Å². The monoisotopic (exact) mass is 223 g/mol. The van der Waals surface area contributed by atoms with Crippen LogP contribution in [-0.2, 0) is 9.36 Å². The third-order valence-corrected chi connectivity index (χ3v) is 2.32. The first-order chi connectivity index (χ1) is 6.24. The summed E-state index contributed by atoms with van der Waals surface area (Å²) in [5.74, 6) is -1.60. The summed E-state index contributed by atoms with van der Waals surface area (Å²) in [6.45, 7) is 1.56. The summed E-state index contributed by atoms with van der Waals surface area (Å²) in [6, 6.07) is -1.05. The van der Waals surface area contributed by atoms with Gasteiger partial charge in [-0.2, -0.15) is 0 Å². The van der Waals surface area contributed by atoms with Crippen molar-refractivity contribution < 1.29 is 24.3 Å². The van der Waals surface area contributed by atoms with Crippen LogP contribution in [0.25, 0.3) is 0 Å². The first-order valence-electron chi connectivity index (χ1n) is 3.93. The molecule has 0 aliphatic heterocycles. The molecule has 6 nitrogen and oxygen atoms in total. The number of hydrogen-bond acceptors (Lipinski definition) is 3. The number of hydrogen-bond donors (Lipinski definition) is 4. The van der Waals surface area contributed by atoms with Crippen molar-refractivity contribution in [2.24, 2.45) is 11.7 Å². The normalized spacial score (nSPS) is 16.9. The van der Waals surface area contributed by atoms with Crippen molar-refractivity contribution in [1.82, 2.24) is 0 Å². The van der Waals surface area contributed by atoms with E-state index >= 15 is 0 Å². The lowest BCUT2D eigenvalue weighted by Gasteiger charge is -2.10. The molecule has 0 heterocycles. The molecule has 0 aromatic carbocycles. The first-order valence-corrected chi connectivity index (χ1v) is 5.73. The second-order valence-corrected chi connectivity index (χ2v) is 4.69. The standard InChI is InChI=1S/C7H14NO5P/c1-5(6(8)7(9)10)3-2-4-14(11,12)13/h2-3,5-6H,4,8H2,1H3,(H,9,10)(H2,11,12,13)/b3-2+/t5-,6-/m1/s1. The van der Waals surface area contributed by atoms with Gasteiger partial charge in [-0.25, -0.2) is 0 Å². The van der Waals surface area contributed by atoms with E-state index in [0.717, 1.165) is 0 Å². The fourth-order valence-corrected chi connectivity index (χ4v) is 1.15. The zero-order valence-electron chi connectivity index (χ0n) is 7.70. The van der Waals surface area contributed by atoms with E-state index in [4.69, 9.17) is 20.6 Å². The van der Waals surface area contributed by atoms with E-state index in [1.54, 1.807) is 6.92 Å². The molecule has 14 heavy (non-hydrogen) atoms. The molecule has 0 radical (unpaired) electrons. The van der Waals surface area contributed by atoms with Gasteiger partial charge >= 0.3 is 13.6 Å².